The van der Waals surface area contributed by atoms with Crippen molar-refractivity contribution in [2.75, 3.05) is 0 Å². The lowest BCUT2D eigenvalue weighted by molar-refractivity contribution is 0.0697. The van der Waals surface area contributed by atoms with Crippen LogP contribution < -0.4 is 0 Å². The Morgan fingerprint density at radius 3 is 2.90 bits per heavy atom. The van der Waals surface area contributed by atoms with E-state index in [9.17, 15) is 9.90 Å². The van der Waals surface area contributed by atoms with E-state index in [1.54, 1.807) is 18.2 Å². The Morgan fingerprint density at radius 2 is 2.25 bits per heavy atom. The molecule has 1 aliphatic rings. The monoisotopic (exact) mass is 274 g/mol. The number of hydrogen-bond acceptors (Lipinski definition) is 3. The lowest BCUT2D eigenvalue weighted by Crippen LogP contribution is -2.10. The fourth-order valence-corrected chi connectivity index (χ4v) is 3.08. The molecule has 5 heteroatoms. The first-order valence-electron chi connectivity index (χ1n) is 6.93. The Hall–Kier alpha value is -1.88. The minimum Gasteiger partial charge on any atom is -0.478 e. The molecule has 2 aromatic rings. The van der Waals surface area contributed by atoms with Gasteiger partial charge in [0.2, 0.25) is 0 Å². The molecule has 3 rings (SSSR count). The number of carboxylic acid groups (broad SMARTS) is 1. The van der Waals surface area contributed by atoms with Crippen LogP contribution in [0.5, 0.6) is 0 Å². The van der Waals surface area contributed by atoms with Crippen molar-refractivity contribution < 1.29 is 15.0 Å². The van der Waals surface area contributed by atoms with Gasteiger partial charge in [-0.2, -0.15) is 0 Å². The van der Waals surface area contributed by atoms with Gasteiger partial charge in [-0.25, -0.2) is 9.78 Å². The largest absolute Gasteiger partial charge is 0.478 e. The number of aromatic nitrogens is 2. The van der Waals surface area contributed by atoms with Crippen LogP contribution >= 0.6 is 0 Å². The predicted octanol–water partition coefficient (Wildman–Crippen LogP) is 2.20. The summed E-state index contributed by atoms with van der Waals surface area (Å²) in [7, 11) is 0. The minimum atomic E-state index is -0.923. The Kier molecular flexibility index (Phi) is 3.22. The Morgan fingerprint density at radius 1 is 1.45 bits per heavy atom. The van der Waals surface area contributed by atoms with E-state index in [1.165, 1.54) is 0 Å². The Labute approximate surface area is 116 Å². The first-order chi connectivity index (χ1) is 9.54. The maximum atomic E-state index is 11.1. The molecule has 0 radical (unpaired) electrons. The molecule has 5 nitrogen and oxygen atoms in total. The number of hydrogen-bond donors (Lipinski definition) is 2. The van der Waals surface area contributed by atoms with E-state index in [-0.39, 0.29) is 11.7 Å². The van der Waals surface area contributed by atoms with Crippen LogP contribution in [0.25, 0.3) is 11.0 Å². The molecule has 0 saturated heterocycles. The number of nitrogens with zero attached hydrogens (tertiary/aromatic N) is 2. The fraction of sp³-hybridized carbons (Fsp3) is 0.467. The van der Waals surface area contributed by atoms with Gasteiger partial charge >= 0.3 is 5.97 Å². The first kappa shape index (κ1) is 13.1. The van der Waals surface area contributed by atoms with Gasteiger partial charge in [0.05, 0.1) is 22.7 Å². The lowest BCUT2D eigenvalue weighted by Gasteiger charge is -2.13. The number of rotatable bonds is 3. The predicted molar refractivity (Wildman–Crippen MR) is 74.8 cm³/mol. The number of carboxylic acids is 1. The van der Waals surface area contributed by atoms with Crippen LogP contribution in [0.2, 0.25) is 0 Å². The zero-order chi connectivity index (χ0) is 14.3. The number of fused-ring (bicyclic) bond motifs is 1. The summed E-state index contributed by atoms with van der Waals surface area (Å²) in [6, 6.07) is 5.02. The molecule has 1 aromatic heterocycles. The van der Waals surface area contributed by atoms with Crippen LogP contribution in [0.3, 0.4) is 0 Å². The average Bonchev–Trinajstić information content (AvgIpc) is 2.94. The molecule has 0 amide bonds. The van der Waals surface area contributed by atoms with Crippen molar-refractivity contribution in [3.8, 4) is 0 Å². The Bertz CT molecular complexity index is 662. The van der Waals surface area contributed by atoms with Crippen LogP contribution in [-0.4, -0.2) is 31.8 Å². The van der Waals surface area contributed by atoms with Gasteiger partial charge in [0, 0.05) is 6.54 Å². The molecule has 1 aromatic carbocycles. The number of carbonyl (C=O) groups is 1. The normalized spacial score (nSPS) is 22.5. The number of aliphatic hydroxyl groups excluding tert-OH is 1. The molecular weight excluding hydrogens is 256 g/mol. The van der Waals surface area contributed by atoms with Crippen LogP contribution in [0.15, 0.2) is 18.2 Å². The molecule has 1 heterocycles. The van der Waals surface area contributed by atoms with Gasteiger partial charge < -0.3 is 14.8 Å². The van der Waals surface area contributed by atoms with Crippen LogP contribution in [0.4, 0.5) is 0 Å². The average molecular weight is 274 g/mol. The maximum Gasteiger partial charge on any atom is 0.335 e. The lowest BCUT2D eigenvalue weighted by atomic mass is 10.1. The van der Waals surface area contributed by atoms with Gasteiger partial charge in [-0.05, 0) is 50.3 Å². The molecule has 0 spiro atoms. The number of imidazole rings is 1. The highest BCUT2D eigenvalue weighted by molar-refractivity contribution is 5.92. The second-order valence-electron chi connectivity index (χ2n) is 5.61. The van der Waals surface area contributed by atoms with E-state index in [0.717, 1.165) is 42.7 Å². The third-order valence-electron chi connectivity index (χ3n) is 4.14. The molecule has 1 fully saturated rings. The summed E-state index contributed by atoms with van der Waals surface area (Å²) >= 11 is 0. The van der Waals surface area contributed by atoms with Gasteiger partial charge in [-0.15, -0.1) is 0 Å². The second kappa shape index (κ2) is 4.90. The van der Waals surface area contributed by atoms with Crippen molar-refractivity contribution in [3.05, 3.63) is 29.6 Å². The summed E-state index contributed by atoms with van der Waals surface area (Å²) in [5.41, 5.74) is 1.97. The third kappa shape index (κ3) is 2.29. The molecule has 20 heavy (non-hydrogen) atoms. The topological polar surface area (TPSA) is 75.3 Å². The zero-order valence-corrected chi connectivity index (χ0v) is 11.4. The van der Waals surface area contributed by atoms with E-state index < -0.39 is 5.97 Å². The smallest absolute Gasteiger partial charge is 0.335 e. The molecular formula is C15H18N2O3. The molecule has 106 valence electrons. The summed E-state index contributed by atoms with van der Waals surface area (Å²) in [6.07, 6.45) is 2.50. The van der Waals surface area contributed by atoms with E-state index in [0.29, 0.717) is 5.92 Å². The fourth-order valence-electron chi connectivity index (χ4n) is 3.08. The molecule has 2 N–H and O–H groups in total. The van der Waals surface area contributed by atoms with E-state index in [4.69, 9.17) is 5.11 Å². The summed E-state index contributed by atoms with van der Waals surface area (Å²) < 4.78 is 2.07. The third-order valence-corrected chi connectivity index (χ3v) is 4.14. The Balaban J connectivity index is 1.98. The molecule has 1 saturated carbocycles. The SMILES string of the molecule is Cc1nc2ccc(C(=O)O)cc2n1CC1CCC(O)C1. The highest BCUT2D eigenvalue weighted by Gasteiger charge is 2.24. The van der Waals surface area contributed by atoms with Crippen LogP contribution in [0.1, 0.15) is 35.4 Å². The van der Waals surface area contributed by atoms with Crippen molar-refractivity contribution in [2.24, 2.45) is 5.92 Å². The van der Waals surface area contributed by atoms with E-state index >= 15 is 0 Å². The van der Waals surface area contributed by atoms with Gasteiger partial charge in [0.1, 0.15) is 5.82 Å². The van der Waals surface area contributed by atoms with Gasteiger partial charge in [0.15, 0.2) is 0 Å². The van der Waals surface area contributed by atoms with Crippen LogP contribution in [0, 0.1) is 12.8 Å². The van der Waals surface area contributed by atoms with Crippen LogP contribution in [-0.2, 0) is 6.54 Å². The molecule has 2 unspecified atom stereocenters. The molecule has 2 atom stereocenters. The van der Waals surface area contributed by atoms with Crippen molar-refractivity contribution in [2.45, 2.75) is 38.8 Å². The summed E-state index contributed by atoms with van der Waals surface area (Å²) in [6.45, 7) is 2.73. The number of aryl methyl sites for hydroxylation is 1. The standard InChI is InChI=1S/C15H18N2O3/c1-9-16-13-5-3-11(15(19)20)7-14(13)17(9)8-10-2-4-12(18)6-10/h3,5,7,10,12,18H,2,4,6,8H2,1H3,(H,19,20). The number of benzene rings is 1. The highest BCUT2D eigenvalue weighted by atomic mass is 16.4. The highest BCUT2D eigenvalue weighted by Crippen LogP contribution is 2.29. The van der Waals surface area contributed by atoms with Crippen molar-refractivity contribution in [1.29, 1.82) is 0 Å². The van der Waals surface area contributed by atoms with E-state index in [2.05, 4.69) is 9.55 Å². The summed E-state index contributed by atoms with van der Waals surface area (Å²) in [5, 5.41) is 18.7. The van der Waals surface area contributed by atoms with E-state index in [1.807, 2.05) is 6.92 Å². The van der Waals surface area contributed by atoms with Gasteiger partial charge in [-0.1, -0.05) is 0 Å². The van der Waals surface area contributed by atoms with Gasteiger partial charge in [-0.3, -0.25) is 0 Å². The quantitative estimate of drug-likeness (QED) is 0.899. The maximum absolute atomic E-state index is 11.1. The first-order valence-corrected chi connectivity index (χ1v) is 6.93. The molecule has 0 aliphatic heterocycles. The zero-order valence-electron chi connectivity index (χ0n) is 11.4. The molecule has 1 aliphatic carbocycles. The van der Waals surface area contributed by atoms with Crippen molar-refractivity contribution >= 4 is 17.0 Å². The van der Waals surface area contributed by atoms with Gasteiger partial charge in [0.25, 0.3) is 0 Å². The second-order valence-corrected chi connectivity index (χ2v) is 5.61. The summed E-state index contributed by atoms with van der Waals surface area (Å²) in [4.78, 5) is 15.6. The van der Waals surface area contributed by atoms with Crippen molar-refractivity contribution in [3.63, 3.8) is 0 Å². The minimum absolute atomic E-state index is 0.190. The van der Waals surface area contributed by atoms with Crippen molar-refractivity contribution in [1.82, 2.24) is 9.55 Å². The summed E-state index contributed by atoms with van der Waals surface area (Å²) in [5.74, 6) is 0.409. The number of aromatic carboxylic acids is 1. The number of aliphatic hydroxyl groups is 1. The molecule has 0 bridgehead atoms.